The predicted octanol–water partition coefficient (Wildman–Crippen LogP) is 3.99. The summed E-state index contributed by atoms with van der Waals surface area (Å²) in [7, 11) is 3.50. The molecule has 0 aliphatic carbocycles. The van der Waals surface area contributed by atoms with Gasteiger partial charge in [-0.05, 0) is 41.3 Å². The van der Waals surface area contributed by atoms with E-state index in [0.717, 1.165) is 61.7 Å². The van der Waals surface area contributed by atoms with Gasteiger partial charge in [-0.3, -0.25) is 0 Å². The second kappa shape index (κ2) is 12.4. The van der Waals surface area contributed by atoms with Crippen molar-refractivity contribution in [3.63, 3.8) is 0 Å². The molecule has 1 amide bonds. The van der Waals surface area contributed by atoms with Crippen LogP contribution in [-0.4, -0.2) is 62.8 Å². The number of aromatic nitrogens is 1. The maximum Gasteiger partial charge on any atom is 2.00 e. The van der Waals surface area contributed by atoms with E-state index in [-0.39, 0.29) is 43.6 Å². The largest absolute Gasteiger partial charge is 2.00 e. The summed E-state index contributed by atoms with van der Waals surface area (Å²) < 4.78 is 0. The average molecular weight is 723 g/mol. The van der Waals surface area contributed by atoms with E-state index in [2.05, 4.69) is 56.1 Å². The minimum atomic E-state index is -0.192. The number of nitrogens with zero attached hydrogens (tertiary/aromatic N) is 5. The van der Waals surface area contributed by atoms with Gasteiger partial charge < -0.3 is 35.7 Å². The third-order valence-corrected chi connectivity index (χ3v) is 6.89. The summed E-state index contributed by atoms with van der Waals surface area (Å²) in [5, 5.41) is 20.7. The quantitative estimate of drug-likeness (QED) is 0.423. The zero-order valence-electron chi connectivity index (χ0n) is 21.4. The van der Waals surface area contributed by atoms with E-state index in [1.807, 2.05) is 18.2 Å². The van der Waals surface area contributed by atoms with Crippen LogP contribution in [0.25, 0.3) is 21.9 Å². The van der Waals surface area contributed by atoms with Crippen LogP contribution in [0.5, 0.6) is 0 Å². The Morgan fingerprint density at radius 2 is 1.78 bits per heavy atom. The van der Waals surface area contributed by atoms with Crippen LogP contribution in [0.1, 0.15) is 27.0 Å². The number of piperazine rings is 1. The molecule has 1 fully saturated rings. The SMILES string of the molecule is C[N-]C.O=C1[N-]c2cc(-c3ccc(N4CCNCC4)cc3)nc(N3CCc4c(CO)cccc4C3)c21.[U+2]. The first-order valence-electron chi connectivity index (χ1n) is 12.4. The van der Waals surface area contributed by atoms with Crippen molar-refractivity contribution in [3.05, 3.63) is 81.4 Å². The molecule has 3 aliphatic rings. The van der Waals surface area contributed by atoms with Crippen LogP contribution in [0.4, 0.5) is 17.2 Å². The van der Waals surface area contributed by atoms with E-state index in [0.29, 0.717) is 17.9 Å². The number of nitrogens with one attached hydrogen (secondary N) is 1. The number of aliphatic hydroxyl groups excluding tert-OH is 1. The molecule has 0 radical (unpaired) electrons. The van der Waals surface area contributed by atoms with Crippen molar-refractivity contribution < 1.29 is 41.0 Å². The Kier molecular flexibility index (Phi) is 9.27. The molecule has 190 valence electrons. The van der Waals surface area contributed by atoms with Gasteiger partial charge in [-0.15, -0.1) is 5.69 Å². The first-order valence-corrected chi connectivity index (χ1v) is 12.4. The number of pyridine rings is 1. The topological polar surface area (TPSA) is 96.9 Å². The average Bonchev–Trinajstić information content (AvgIpc) is 2.92. The van der Waals surface area contributed by atoms with Crippen LogP contribution in [0.15, 0.2) is 48.5 Å². The van der Waals surface area contributed by atoms with E-state index in [4.69, 9.17) is 4.98 Å². The number of carbonyl (C=O) groups excluding carboxylic acids is 1. The summed E-state index contributed by atoms with van der Waals surface area (Å²) in [5.74, 6) is 0.525. The molecule has 6 rings (SSSR count). The Morgan fingerprint density at radius 1 is 1.05 bits per heavy atom. The molecule has 0 unspecified atom stereocenters. The van der Waals surface area contributed by atoms with Gasteiger partial charge in [-0.2, -0.15) is 14.1 Å². The van der Waals surface area contributed by atoms with Crippen molar-refractivity contribution in [2.24, 2.45) is 0 Å². The Bertz CT molecular complexity index is 1240. The Labute approximate surface area is 242 Å². The third kappa shape index (κ3) is 5.72. The summed E-state index contributed by atoms with van der Waals surface area (Å²) in [4.78, 5) is 21.8. The summed E-state index contributed by atoms with van der Waals surface area (Å²) in [6.07, 6.45) is 0.817. The predicted molar refractivity (Wildman–Crippen MR) is 144 cm³/mol. The van der Waals surface area contributed by atoms with Crippen LogP contribution in [0.2, 0.25) is 0 Å². The monoisotopic (exact) mass is 722 g/mol. The fourth-order valence-electron chi connectivity index (χ4n) is 5.08. The van der Waals surface area contributed by atoms with Gasteiger partial charge in [0.25, 0.3) is 0 Å². The number of amides is 1. The molecule has 0 spiro atoms. The van der Waals surface area contributed by atoms with E-state index in [1.165, 1.54) is 16.8 Å². The van der Waals surface area contributed by atoms with Gasteiger partial charge in [0.15, 0.2) is 0 Å². The molecule has 8 nitrogen and oxygen atoms in total. The maximum absolute atomic E-state index is 12.3. The summed E-state index contributed by atoms with van der Waals surface area (Å²) in [6, 6.07) is 16.5. The molecule has 3 aliphatic heterocycles. The molecule has 1 saturated heterocycles. The minimum Gasteiger partial charge on any atom is -0.668 e. The van der Waals surface area contributed by atoms with Crippen molar-refractivity contribution in [2.75, 3.05) is 56.6 Å². The van der Waals surface area contributed by atoms with Crippen LogP contribution in [-0.2, 0) is 19.6 Å². The second-order valence-electron chi connectivity index (χ2n) is 9.26. The third-order valence-electron chi connectivity index (χ3n) is 6.89. The van der Waals surface area contributed by atoms with Gasteiger partial charge in [0, 0.05) is 56.1 Å². The van der Waals surface area contributed by atoms with E-state index >= 15 is 0 Å². The Balaban J connectivity index is 0.000000765. The van der Waals surface area contributed by atoms with Crippen LogP contribution >= 0.6 is 0 Å². The minimum absolute atomic E-state index is 0. The van der Waals surface area contributed by atoms with Crippen LogP contribution in [0, 0.1) is 31.1 Å². The van der Waals surface area contributed by atoms with Gasteiger partial charge in [0.2, 0.25) is 0 Å². The molecule has 1 aromatic heterocycles. The number of rotatable bonds is 4. The van der Waals surface area contributed by atoms with E-state index in [9.17, 15) is 9.90 Å². The second-order valence-corrected chi connectivity index (χ2v) is 9.26. The smallest absolute Gasteiger partial charge is 0.668 e. The fraction of sp³-hybridized carbons (Fsp3) is 0.357. The summed E-state index contributed by atoms with van der Waals surface area (Å²) >= 11 is 0. The Hall–Kier alpha value is -2.41. The summed E-state index contributed by atoms with van der Waals surface area (Å²) in [5.41, 5.74) is 7.80. The van der Waals surface area contributed by atoms with Crippen LogP contribution < -0.4 is 15.1 Å². The first kappa shape index (κ1) is 27.6. The molecular formula is C28H32N6O2U. The van der Waals surface area contributed by atoms with Crippen molar-refractivity contribution in [1.82, 2.24) is 10.3 Å². The number of benzene rings is 2. The Morgan fingerprint density at radius 3 is 2.46 bits per heavy atom. The van der Waals surface area contributed by atoms with Crippen molar-refractivity contribution >= 4 is 23.1 Å². The molecule has 0 atom stereocenters. The molecule has 37 heavy (non-hydrogen) atoms. The van der Waals surface area contributed by atoms with Gasteiger partial charge >= 0.3 is 31.1 Å². The molecule has 0 bridgehead atoms. The molecular weight excluding hydrogens is 690 g/mol. The molecule has 0 saturated carbocycles. The number of fused-ring (bicyclic) bond motifs is 2. The number of hydrogen-bond donors (Lipinski definition) is 2. The van der Waals surface area contributed by atoms with Crippen molar-refractivity contribution in [2.45, 2.75) is 19.6 Å². The zero-order chi connectivity index (χ0) is 25.1. The van der Waals surface area contributed by atoms with Gasteiger partial charge in [0.05, 0.1) is 18.2 Å². The van der Waals surface area contributed by atoms with Crippen LogP contribution in [0.3, 0.4) is 0 Å². The van der Waals surface area contributed by atoms with E-state index in [1.54, 1.807) is 14.1 Å². The number of hydrogen-bond acceptors (Lipinski definition) is 6. The van der Waals surface area contributed by atoms with Crippen molar-refractivity contribution in [1.29, 1.82) is 0 Å². The van der Waals surface area contributed by atoms with E-state index < -0.39 is 0 Å². The fourth-order valence-corrected chi connectivity index (χ4v) is 5.08. The van der Waals surface area contributed by atoms with Gasteiger partial charge in [-0.1, -0.05) is 30.3 Å². The number of aliphatic hydroxyl groups is 1. The zero-order valence-corrected chi connectivity index (χ0v) is 25.5. The molecule has 2 N–H and O–H groups in total. The first-order chi connectivity index (χ1) is 17.6. The number of carbonyl (C=O) groups is 1. The normalized spacial score (nSPS) is 15.8. The summed E-state index contributed by atoms with van der Waals surface area (Å²) in [6.45, 7) is 5.50. The molecule has 2 aromatic carbocycles. The van der Waals surface area contributed by atoms with Gasteiger partial charge in [0.1, 0.15) is 5.82 Å². The van der Waals surface area contributed by atoms with Crippen molar-refractivity contribution in [3.8, 4) is 11.3 Å². The molecule has 4 heterocycles. The molecule has 3 aromatic rings. The standard InChI is InChI=1S/C26H27N5O2.C2H6N.U/c32-16-19-3-1-2-18-15-31(11-8-21(18)19)25-24-23(29-26(24)33)14-22(28-25)17-4-6-20(7-5-17)30-12-9-27-10-13-30;1-3-2;/h1-7,14,27,32H,8-13,15-16H2,(H,28,29,33);1-2H3;/q;-1;+2/p-1. The van der Waals surface area contributed by atoms with Gasteiger partial charge in [-0.25, -0.2) is 4.98 Å². The molecule has 9 heteroatoms. The maximum atomic E-state index is 12.3. The number of anilines is 2.